The molecule has 0 radical (unpaired) electrons. The summed E-state index contributed by atoms with van der Waals surface area (Å²) in [5.41, 5.74) is 2.01. The second-order valence-electron chi connectivity index (χ2n) is 6.07. The maximum Gasteiger partial charge on any atom is 0.0897 e. The first-order valence-corrected chi connectivity index (χ1v) is 7.19. The summed E-state index contributed by atoms with van der Waals surface area (Å²) in [6.07, 6.45) is 7.38. The van der Waals surface area contributed by atoms with Gasteiger partial charge in [-0.15, -0.1) is 0 Å². The fourth-order valence-electron chi connectivity index (χ4n) is 4.45. The summed E-state index contributed by atoms with van der Waals surface area (Å²) >= 11 is 0. The van der Waals surface area contributed by atoms with Gasteiger partial charge in [0.15, 0.2) is 0 Å². The molecule has 0 bridgehead atoms. The molecule has 0 aromatic carbocycles. The average molecular weight is 244 g/mol. The lowest BCUT2D eigenvalue weighted by molar-refractivity contribution is -0.0129. The first kappa shape index (κ1) is 10.9. The highest BCUT2D eigenvalue weighted by Gasteiger charge is 2.54. The molecule has 1 N–H and O–H groups in total. The Morgan fingerprint density at radius 1 is 1.33 bits per heavy atom. The Morgan fingerprint density at radius 2 is 2.28 bits per heavy atom. The van der Waals surface area contributed by atoms with Crippen molar-refractivity contribution in [2.75, 3.05) is 13.1 Å². The summed E-state index contributed by atoms with van der Waals surface area (Å²) in [7, 11) is 0. The van der Waals surface area contributed by atoms with Crippen LogP contribution in [0.2, 0.25) is 0 Å². The van der Waals surface area contributed by atoms with Gasteiger partial charge in [0.2, 0.25) is 0 Å². The zero-order valence-corrected chi connectivity index (χ0v) is 10.7. The van der Waals surface area contributed by atoms with Crippen LogP contribution in [0.4, 0.5) is 0 Å². The normalized spacial score (nSPS) is 38.9. The number of aliphatic hydroxyl groups is 1. The number of hydrogen-bond donors (Lipinski definition) is 1. The Kier molecular flexibility index (Phi) is 2.30. The molecule has 3 heterocycles. The maximum absolute atomic E-state index is 11.2. The Balaban J connectivity index is 1.72. The molecule has 18 heavy (non-hydrogen) atoms. The van der Waals surface area contributed by atoms with Crippen molar-refractivity contribution in [3.8, 4) is 0 Å². The first-order valence-electron chi connectivity index (χ1n) is 7.19. The molecule has 0 spiro atoms. The monoisotopic (exact) mass is 244 g/mol. The van der Waals surface area contributed by atoms with Gasteiger partial charge in [0.25, 0.3) is 0 Å². The third kappa shape index (κ3) is 1.35. The van der Waals surface area contributed by atoms with Gasteiger partial charge in [0.05, 0.1) is 5.60 Å². The van der Waals surface area contributed by atoms with Gasteiger partial charge in [-0.3, -0.25) is 9.88 Å². The van der Waals surface area contributed by atoms with Crippen molar-refractivity contribution < 1.29 is 5.11 Å². The second-order valence-corrected chi connectivity index (χ2v) is 6.07. The molecule has 1 aromatic heterocycles. The van der Waals surface area contributed by atoms with Crippen molar-refractivity contribution in [3.63, 3.8) is 0 Å². The molecule has 96 valence electrons. The summed E-state index contributed by atoms with van der Waals surface area (Å²) in [4.78, 5) is 7.05. The van der Waals surface area contributed by atoms with E-state index in [-0.39, 0.29) is 5.92 Å². The molecule has 4 rings (SSSR count). The molecule has 3 heteroatoms. The van der Waals surface area contributed by atoms with Crippen LogP contribution in [-0.4, -0.2) is 39.7 Å². The van der Waals surface area contributed by atoms with Crippen molar-refractivity contribution in [2.24, 2.45) is 0 Å². The zero-order valence-electron chi connectivity index (χ0n) is 10.7. The number of rotatable bonds is 1. The minimum atomic E-state index is -0.518. The fourth-order valence-corrected chi connectivity index (χ4v) is 4.45. The lowest BCUT2D eigenvalue weighted by atomic mass is 9.78. The lowest BCUT2D eigenvalue weighted by Crippen LogP contribution is -2.45. The zero-order chi connectivity index (χ0) is 12.2. The Labute approximate surface area is 108 Å². The van der Waals surface area contributed by atoms with Gasteiger partial charge in [-0.1, -0.05) is 6.07 Å². The Morgan fingerprint density at radius 3 is 3.22 bits per heavy atom. The molecule has 0 saturated carbocycles. The third-order valence-electron chi connectivity index (χ3n) is 5.30. The van der Waals surface area contributed by atoms with E-state index in [9.17, 15) is 5.11 Å². The van der Waals surface area contributed by atoms with Crippen LogP contribution in [-0.2, 0) is 6.42 Å². The van der Waals surface area contributed by atoms with Gasteiger partial charge in [0, 0.05) is 30.4 Å². The summed E-state index contributed by atoms with van der Waals surface area (Å²) < 4.78 is 0. The van der Waals surface area contributed by atoms with Gasteiger partial charge >= 0.3 is 0 Å². The predicted molar refractivity (Wildman–Crippen MR) is 69.5 cm³/mol. The molecular weight excluding hydrogens is 224 g/mol. The summed E-state index contributed by atoms with van der Waals surface area (Å²) in [5.74, 6) is 0.266. The molecular formula is C15H20N2O. The topological polar surface area (TPSA) is 36.4 Å². The highest BCUT2D eigenvalue weighted by molar-refractivity contribution is 5.33. The summed E-state index contributed by atoms with van der Waals surface area (Å²) in [5, 5.41) is 11.2. The van der Waals surface area contributed by atoms with Crippen LogP contribution in [0.5, 0.6) is 0 Å². The second kappa shape index (κ2) is 3.78. The molecule has 2 fully saturated rings. The molecule has 3 atom stereocenters. The summed E-state index contributed by atoms with van der Waals surface area (Å²) in [6.45, 7) is 2.24. The van der Waals surface area contributed by atoms with E-state index in [1.165, 1.54) is 24.2 Å². The van der Waals surface area contributed by atoms with E-state index in [1.54, 1.807) is 0 Å². The van der Waals surface area contributed by atoms with Gasteiger partial charge in [-0.25, -0.2) is 0 Å². The summed E-state index contributed by atoms with van der Waals surface area (Å²) in [6, 6.07) is 4.57. The van der Waals surface area contributed by atoms with Crippen molar-refractivity contribution >= 4 is 0 Å². The van der Waals surface area contributed by atoms with E-state index >= 15 is 0 Å². The molecule has 1 aromatic rings. The highest BCUT2D eigenvalue weighted by Crippen LogP contribution is 2.49. The van der Waals surface area contributed by atoms with E-state index in [4.69, 9.17) is 0 Å². The standard InChI is InChI=1S/C15H20N2O/c18-15(7-10-17-9-2-4-13(15)17)12-6-5-11-3-1-8-16-14(11)12/h1,3,8,12-13,18H,2,4-7,9-10H2. The Bertz CT molecular complexity index is 475. The van der Waals surface area contributed by atoms with Crippen molar-refractivity contribution in [3.05, 3.63) is 29.6 Å². The van der Waals surface area contributed by atoms with Crippen molar-refractivity contribution in [1.29, 1.82) is 0 Å². The average Bonchev–Trinajstić information content (AvgIpc) is 3.07. The molecule has 3 aliphatic rings. The van der Waals surface area contributed by atoms with Crippen LogP contribution in [0, 0.1) is 0 Å². The molecule has 2 saturated heterocycles. The third-order valence-corrected chi connectivity index (χ3v) is 5.30. The van der Waals surface area contributed by atoms with Crippen molar-refractivity contribution in [2.45, 2.75) is 49.7 Å². The number of aryl methyl sites for hydroxylation is 1. The predicted octanol–water partition coefficient (Wildman–Crippen LogP) is 1.71. The van der Waals surface area contributed by atoms with Crippen LogP contribution in [0.15, 0.2) is 18.3 Å². The molecule has 0 amide bonds. The SMILES string of the molecule is OC1(C2CCc3cccnc32)CCN2CCCC21. The van der Waals surface area contributed by atoms with E-state index in [1.807, 2.05) is 12.3 Å². The van der Waals surface area contributed by atoms with Gasteiger partial charge in [-0.05, 0) is 50.3 Å². The quantitative estimate of drug-likeness (QED) is 0.817. The first-order chi connectivity index (χ1) is 8.79. The smallest absolute Gasteiger partial charge is 0.0897 e. The van der Waals surface area contributed by atoms with E-state index in [2.05, 4.69) is 16.0 Å². The number of fused-ring (bicyclic) bond motifs is 2. The maximum atomic E-state index is 11.2. The molecule has 2 aliphatic heterocycles. The number of nitrogens with zero attached hydrogens (tertiary/aromatic N) is 2. The highest BCUT2D eigenvalue weighted by atomic mass is 16.3. The minimum Gasteiger partial charge on any atom is -0.388 e. The molecule has 3 unspecified atom stereocenters. The molecule has 1 aliphatic carbocycles. The van der Waals surface area contributed by atoms with E-state index in [0.29, 0.717) is 6.04 Å². The van der Waals surface area contributed by atoms with Gasteiger partial charge < -0.3 is 5.11 Å². The number of hydrogen-bond acceptors (Lipinski definition) is 3. The van der Waals surface area contributed by atoms with E-state index in [0.717, 1.165) is 32.2 Å². The van der Waals surface area contributed by atoms with Crippen LogP contribution >= 0.6 is 0 Å². The number of pyridine rings is 1. The van der Waals surface area contributed by atoms with Gasteiger partial charge in [0.1, 0.15) is 0 Å². The number of aromatic nitrogens is 1. The van der Waals surface area contributed by atoms with Crippen LogP contribution in [0.1, 0.15) is 42.9 Å². The van der Waals surface area contributed by atoms with Crippen LogP contribution in [0.3, 0.4) is 0 Å². The Hall–Kier alpha value is -0.930. The van der Waals surface area contributed by atoms with Crippen LogP contribution in [0.25, 0.3) is 0 Å². The van der Waals surface area contributed by atoms with Gasteiger partial charge in [-0.2, -0.15) is 0 Å². The minimum absolute atomic E-state index is 0.266. The lowest BCUT2D eigenvalue weighted by Gasteiger charge is -2.35. The van der Waals surface area contributed by atoms with E-state index < -0.39 is 5.60 Å². The largest absolute Gasteiger partial charge is 0.388 e. The fraction of sp³-hybridized carbons (Fsp3) is 0.667. The van der Waals surface area contributed by atoms with Crippen LogP contribution < -0.4 is 0 Å². The van der Waals surface area contributed by atoms with Crippen molar-refractivity contribution in [1.82, 2.24) is 9.88 Å². The molecule has 3 nitrogen and oxygen atoms in total.